The van der Waals surface area contributed by atoms with Gasteiger partial charge in [0.15, 0.2) is 0 Å². The molecule has 1 aliphatic rings. The van der Waals surface area contributed by atoms with Crippen LogP contribution in [0.5, 0.6) is 0 Å². The average molecular weight is 295 g/mol. The minimum Gasteiger partial charge on any atom is -0.335 e. The molecule has 1 N–H and O–H groups in total. The molecule has 0 saturated heterocycles. The molecule has 4 heteroatoms. The fraction of sp³-hybridized carbons (Fsp3) is 0.235. The zero-order valence-corrected chi connectivity index (χ0v) is 12.9. The first-order chi connectivity index (χ1) is 10.2. The molecule has 3 rings (SSSR count). The molecule has 2 aromatic carbocycles. The van der Waals surface area contributed by atoms with Crippen LogP contribution in [-0.4, -0.2) is 19.6 Å². The van der Waals surface area contributed by atoms with E-state index in [9.17, 15) is 5.26 Å². The van der Waals surface area contributed by atoms with Crippen molar-refractivity contribution < 1.29 is 0 Å². The van der Waals surface area contributed by atoms with Crippen molar-refractivity contribution >= 4 is 23.1 Å². The Kier molecular flexibility index (Phi) is 3.87. The third-order valence-electron chi connectivity index (χ3n) is 3.63. The topological polar surface area (TPSA) is 39.1 Å². The normalized spacial score (nSPS) is 14.0. The quantitative estimate of drug-likeness (QED) is 0.935. The highest BCUT2D eigenvalue weighted by Gasteiger charge is 2.26. The molecule has 1 atom stereocenters. The van der Waals surface area contributed by atoms with Gasteiger partial charge in [-0.05, 0) is 44.3 Å². The largest absolute Gasteiger partial charge is 0.335 e. The zero-order valence-electron chi connectivity index (χ0n) is 12.1. The van der Waals surface area contributed by atoms with Crippen LogP contribution >= 0.6 is 11.8 Å². The van der Waals surface area contributed by atoms with Gasteiger partial charge in [0.25, 0.3) is 0 Å². The van der Waals surface area contributed by atoms with E-state index in [1.165, 1.54) is 15.5 Å². The maximum absolute atomic E-state index is 9.17. The number of anilines is 2. The average Bonchev–Trinajstić information content (AvgIpc) is 2.52. The molecule has 1 aliphatic heterocycles. The number of likely N-dealkylation sites (N-methyl/N-ethyl adjacent to an activating group) is 1. The maximum atomic E-state index is 9.17. The molecule has 21 heavy (non-hydrogen) atoms. The van der Waals surface area contributed by atoms with Crippen LogP contribution in [0.2, 0.25) is 0 Å². The molecule has 0 amide bonds. The molecule has 3 nitrogen and oxygen atoms in total. The van der Waals surface area contributed by atoms with Gasteiger partial charge in [0, 0.05) is 22.4 Å². The molecule has 106 valence electrons. The van der Waals surface area contributed by atoms with Crippen LogP contribution in [0.25, 0.3) is 0 Å². The minimum absolute atomic E-state index is 0.310. The highest BCUT2D eigenvalue weighted by molar-refractivity contribution is 7.99. The molecule has 0 aliphatic carbocycles. The molecule has 0 spiro atoms. The predicted octanol–water partition coefficient (Wildman–Crippen LogP) is 3.77. The van der Waals surface area contributed by atoms with Gasteiger partial charge in [0.2, 0.25) is 0 Å². The summed E-state index contributed by atoms with van der Waals surface area (Å²) < 4.78 is 0. The van der Waals surface area contributed by atoms with E-state index in [0.29, 0.717) is 11.6 Å². The molecule has 0 aromatic heterocycles. The Morgan fingerprint density at radius 2 is 1.95 bits per heavy atom. The second-order valence-electron chi connectivity index (χ2n) is 5.14. The summed E-state index contributed by atoms with van der Waals surface area (Å²) in [5.41, 5.74) is 3.05. The van der Waals surface area contributed by atoms with Gasteiger partial charge in [-0.25, -0.2) is 0 Å². The fourth-order valence-corrected chi connectivity index (χ4v) is 3.77. The first-order valence-electron chi connectivity index (χ1n) is 6.99. The van der Waals surface area contributed by atoms with Gasteiger partial charge in [-0.15, -0.1) is 0 Å². The monoisotopic (exact) mass is 295 g/mol. The van der Waals surface area contributed by atoms with E-state index >= 15 is 0 Å². The van der Waals surface area contributed by atoms with Gasteiger partial charge in [0.05, 0.1) is 23.0 Å². The Balaban J connectivity index is 2.15. The van der Waals surface area contributed by atoms with E-state index in [2.05, 4.69) is 47.5 Å². The zero-order chi connectivity index (χ0) is 14.8. The lowest BCUT2D eigenvalue weighted by Crippen LogP contribution is -2.37. The molecule has 0 radical (unpaired) electrons. The number of hydrogen-bond donors (Lipinski definition) is 1. The van der Waals surface area contributed by atoms with E-state index < -0.39 is 0 Å². The number of nitriles is 1. The summed E-state index contributed by atoms with van der Waals surface area (Å²) in [7, 11) is 1.97. The third kappa shape index (κ3) is 2.51. The van der Waals surface area contributed by atoms with E-state index in [4.69, 9.17) is 0 Å². The Bertz CT molecular complexity index is 705. The number of nitrogens with zero attached hydrogens (tertiary/aromatic N) is 2. The molecule has 0 fully saturated rings. The van der Waals surface area contributed by atoms with Crippen molar-refractivity contribution in [2.45, 2.75) is 22.8 Å². The van der Waals surface area contributed by atoms with Gasteiger partial charge in [-0.3, -0.25) is 0 Å². The number of fused-ring (bicyclic) bond motifs is 2. The van der Waals surface area contributed by atoms with E-state index in [0.717, 1.165) is 12.2 Å². The Morgan fingerprint density at radius 1 is 1.19 bits per heavy atom. The van der Waals surface area contributed by atoms with Gasteiger partial charge in [0.1, 0.15) is 0 Å². The number of para-hydroxylation sites is 1. The van der Waals surface area contributed by atoms with Gasteiger partial charge in [-0.2, -0.15) is 5.26 Å². The van der Waals surface area contributed by atoms with Crippen molar-refractivity contribution in [3.63, 3.8) is 0 Å². The van der Waals surface area contributed by atoms with Crippen LogP contribution in [0.15, 0.2) is 52.3 Å². The second kappa shape index (κ2) is 5.80. The lowest BCUT2D eigenvalue weighted by atomic mass is 10.1. The van der Waals surface area contributed by atoms with E-state index in [1.54, 1.807) is 11.8 Å². The third-order valence-corrected chi connectivity index (χ3v) is 4.76. The maximum Gasteiger partial charge on any atom is 0.0992 e. The standard InChI is InChI=1S/C17H17N3S/c1-12(11-19-2)20-14-5-3-4-6-16(14)21-17-8-7-13(10-18)9-15(17)20/h3-9,12,19H,11H2,1-2H3/t12-/m1/s1. The van der Waals surface area contributed by atoms with Crippen LogP contribution < -0.4 is 10.2 Å². The number of benzene rings is 2. The lowest BCUT2D eigenvalue weighted by molar-refractivity contribution is 0.642. The molecule has 0 unspecified atom stereocenters. The molecule has 0 bridgehead atoms. The predicted molar refractivity (Wildman–Crippen MR) is 87.2 cm³/mol. The SMILES string of the molecule is CNC[C@@H](C)N1c2ccccc2Sc2ccc(C#N)cc21. The first kappa shape index (κ1) is 14.0. The number of hydrogen-bond acceptors (Lipinski definition) is 4. The van der Waals surface area contributed by atoms with Crippen LogP contribution in [0.3, 0.4) is 0 Å². The smallest absolute Gasteiger partial charge is 0.0992 e. The molecular weight excluding hydrogens is 278 g/mol. The van der Waals surface area contributed by atoms with E-state index in [-0.39, 0.29) is 0 Å². The van der Waals surface area contributed by atoms with Crippen molar-refractivity contribution in [1.82, 2.24) is 5.32 Å². The summed E-state index contributed by atoms with van der Waals surface area (Å²) in [5.74, 6) is 0. The van der Waals surface area contributed by atoms with Crippen LogP contribution in [0, 0.1) is 11.3 Å². The summed E-state index contributed by atoms with van der Waals surface area (Å²) in [4.78, 5) is 4.80. The van der Waals surface area contributed by atoms with Crippen molar-refractivity contribution in [3.05, 3.63) is 48.0 Å². The summed E-state index contributed by atoms with van der Waals surface area (Å²) in [6.07, 6.45) is 0. The Hall–Kier alpha value is -1.96. The minimum atomic E-state index is 0.310. The van der Waals surface area contributed by atoms with Crippen LogP contribution in [0.4, 0.5) is 11.4 Å². The summed E-state index contributed by atoms with van der Waals surface area (Å²) in [6, 6.07) is 16.9. The molecule has 0 saturated carbocycles. The Labute approximate surface area is 129 Å². The Morgan fingerprint density at radius 3 is 2.71 bits per heavy atom. The second-order valence-corrected chi connectivity index (χ2v) is 6.22. The summed E-state index contributed by atoms with van der Waals surface area (Å²) in [5, 5.41) is 12.4. The number of nitrogens with one attached hydrogen (secondary N) is 1. The molecule has 1 heterocycles. The van der Waals surface area contributed by atoms with Crippen molar-refractivity contribution in [2.75, 3.05) is 18.5 Å². The van der Waals surface area contributed by atoms with Crippen LogP contribution in [-0.2, 0) is 0 Å². The van der Waals surface area contributed by atoms with Gasteiger partial charge >= 0.3 is 0 Å². The highest BCUT2D eigenvalue weighted by Crippen LogP contribution is 2.49. The fourth-order valence-electron chi connectivity index (χ4n) is 2.71. The highest BCUT2D eigenvalue weighted by atomic mass is 32.2. The van der Waals surface area contributed by atoms with Crippen LogP contribution in [0.1, 0.15) is 12.5 Å². The summed E-state index contributed by atoms with van der Waals surface area (Å²) >= 11 is 1.77. The van der Waals surface area contributed by atoms with Crippen molar-refractivity contribution in [3.8, 4) is 6.07 Å². The van der Waals surface area contributed by atoms with Gasteiger partial charge in [-0.1, -0.05) is 23.9 Å². The number of rotatable bonds is 3. The summed E-state index contributed by atoms with van der Waals surface area (Å²) in [6.45, 7) is 3.08. The van der Waals surface area contributed by atoms with Crippen molar-refractivity contribution in [2.24, 2.45) is 0 Å². The first-order valence-corrected chi connectivity index (χ1v) is 7.81. The molecule has 2 aromatic rings. The van der Waals surface area contributed by atoms with Crippen molar-refractivity contribution in [1.29, 1.82) is 5.26 Å². The lowest BCUT2D eigenvalue weighted by Gasteiger charge is -2.37. The molecular formula is C17H17N3S. The van der Waals surface area contributed by atoms with Gasteiger partial charge < -0.3 is 10.2 Å². The van der Waals surface area contributed by atoms with E-state index in [1.807, 2.05) is 25.2 Å².